The molecule has 6 nitrogen and oxygen atoms in total. The minimum Gasteiger partial charge on any atom is -0.365 e. The average molecular weight is 380 g/mol. The first-order chi connectivity index (χ1) is 13.7. The molecule has 0 saturated carbocycles. The maximum absolute atomic E-state index is 13.1. The number of carbonyl (C=O) groups is 1. The maximum atomic E-state index is 13.1. The molecule has 0 bridgehead atoms. The number of amides is 1. The van der Waals surface area contributed by atoms with Gasteiger partial charge in [0.15, 0.2) is 5.69 Å². The summed E-state index contributed by atoms with van der Waals surface area (Å²) in [5.74, 6) is -0.441. The molecule has 1 aliphatic heterocycles. The topological polar surface area (TPSA) is 60.2 Å². The lowest BCUT2D eigenvalue weighted by molar-refractivity contribution is -0.00199. The molecule has 0 aliphatic carbocycles. The summed E-state index contributed by atoms with van der Waals surface area (Å²) in [4.78, 5) is 14.8. The molecule has 1 aliphatic rings. The highest BCUT2D eigenvalue weighted by atomic mass is 19.1. The van der Waals surface area contributed by atoms with Crippen molar-refractivity contribution in [2.24, 2.45) is 0 Å². The van der Waals surface area contributed by atoms with Gasteiger partial charge >= 0.3 is 0 Å². The third-order valence-corrected chi connectivity index (χ3v) is 4.93. The molecule has 0 N–H and O–H groups in total. The summed E-state index contributed by atoms with van der Waals surface area (Å²) < 4.78 is 20.8. The van der Waals surface area contributed by atoms with Crippen LogP contribution in [0.15, 0.2) is 54.6 Å². The van der Waals surface area contributed by atoms with E-state index in [2.05, 4.69) is 10.3 Å². The Balaban J connectivity index is 1.51. The number of aromatic nitrogens is 3. The van der Waals surface area contributed by atoms with Crippen LogP contribution in [0, 0.1) is 5.82 Å². The summed E-state index contributed by atoms with van der Waals surface area (Å²) in [6, 6.07) is 16.1. The summed E-state index contributed by atoms with van der Waals surface area (Å²) in [6.45, 7) is 3.70. The van der Waals surface area contributed by atoms with Crippen LogP contribution in [0.25, 0.3) is 0 Å². The second-order valence-corrected chi connectivity index (χ2v) is 6.72. The van der Waals surface area contributed by atoms with Crippen molar-refractivity contribution in [3.63, 3.8) is 0 Å². The predicted molar refractivity (Wildman–Crippen MR) is 101 cm³/mol. The van der Waals surface area contributed by atoms with Crippen LogP contribution in [-0.4, -0.2) is 32.3 Å². The summed E-state index contributed by atoms with van der Waals surface area (Å²) in [5, 5.41) is 8.29. The van der Waals surface area contributed by atoms with Crippen LogP contribution < -0.4 is 0 Å². The number of fused-ring (bicyclic) bond motifs is 1. The second-order valence-electron chi connectivity index (χ2n) is 6.72. The van der Waals surface area contributed by atoms with Gasteiger partial charge in [-0.25, -0.2) is 9.07 Å². The number of carbonyl (C=O) groups excluding carboxylic acids is 1. The number of rotatable bonds is 5. The molecular formula is C21H21FN4O2. The fourth-order valence-electron chi connectivity index (χ4n) is 3.34. The van der Waals surface area contributed by atoms with E-state index in [1.165, 1.54) is 12.1 Å². The van der Waals surface area contributed by atoms with Crippen molar-refractivity contribution in [3.05, 3.63) is 82.9 Å². The minimum atomic E-state index is -0.285. The fraction of sp³-hybridized carbons (Fsp3) is 0.286. The molecule has 4 rings (SSSR count). The second kappa shape index (κ2) is 7.90. The minimum absolute atomic E-state index is 0.156. The van der Waals surface area contributed by atoms with E-state index < -0.39 is 0 Å². The van der Waals surface area contributed by atoms with Crippen molar-refractivity contribution in [1.29, 1.82) is 0 Å². The van der Waals surface area contributed by atoms with E-state index in [9.17, 15) is 9.18 Å². The number of nitrogens with zero attached hydrogens (tertiary/aromatic N) is 4. The number of hydrogen-bond acceptors (Lipinski definition) is 4. The van der Waals surface area contributed by atoms with Gasteiger partial charge in [-0.15, -0.1) is 5.10 Å². The smallest absolute Gasteiger partial charge is 0.276 e. The van der Waals surface area contributed by atoms with Gasteiger partial charge in [0.1, 0.15) is 11.9 Å². The summed E-state index contributed by atoms with van der Waals surface area (Å²) in [6.07, 6.45) is -0.246. The van der Waals surface area contributed by atoms with E-state index in [4.69, 9.17) is 4.74 Å². The zero-order valence-electron chi connectivity index (χ0n) is 15.6. The van der Waals surface area contributed by atoms with Gasteiger partial charge in [-0.1, -0.05) is 47.7 Å². The third kappa shape index (κ3) is 3.66. The van der Waals surface area contributed by atoms with E-state index in [0.29, 0.717) is 31.0 Å². The van der Waals surface area contributed by atoms with Crippen LogP contribution in [0.1, 0.15) is 40.3 Å². The molecule has 2 aromatic carbocycles. The Bertz CT molecular complexity index is 956. The van der Waals surface area contributed by atoms with Gasteiger partial charge in [-0.05, 0) is 30.2 Å². The van der Waals surface area contributed by atoms with Crippen LogP contribution in [0.3, 0.4) is 0 Å². The number of halogens is 1. The van der Waals surface area contributed by atoms with Gasteiger partial charge in [-0.3, -0.25) is 4.79 Å². The highest BCUT2D eigenvalue weighted by molar-refractivity contribution is 5.93. The first kappa shape index (κ1) is 18.3. The van der Waals surface area contributed by atoms with Crippen LogP contribution in [0.4, 0.5) is 4.39 Å². The summed E-state index contributed by atoms with van der Waals surface area (Å²) in [5.41, 5.74) is 2.94. The molecule has 1 atom stereocenters. The third-order valence-electron chi connectivity index (χ3n) is 4.93. The largest absolute Gasteiger partial charge is 0.365 e. The van der Waals surface area contributed by atoms with E-state index >= 15 is 0 Å². The maximum Gasteiger partial charge on any atom is 0.276 e. The standard InChI is InChI=1S/C21H21FN4O2/c1-2-25(12-15-6-4-3-5-7-15)21(27)20-18-14-28-19(13-26(18)24-23-20)16-8-10-17(22)11-9-16/h3-11,19H,2,12-14H2,1H3/t19-/m0/s1. The molecular weight excluding hydrogens is 359 g/mol. The Hall–Kier alpha value is -3.06. The van der Waals surface area contributed by atoms with Crippen molar-refractivity contribution in [3.8, 4) is 0 Å². The van der Waals surface area contributed by atoms with Gasteiger partial charge in [-0.2, -0.15) is 0 Å². The van der Waals surface area contributed by atoms with Crippen LogP contribution in [0.2, 0.25) is 0 Å². The van der Waals surface area contributed by atoms with Gasteiger partial charge in [0, 0.05) is 13.1 Å². The molecule has 1 amide bonds. The lowest BCUT2D eigenvalue weighted by Gasteiger charge is -2.25. The van der Waals surface area contributed by atoms with Gasteiger partial charge < -0.3 is 9.64 Å². The van der Waals surface area contributed by atoms with E-state index in [1.54, 1.807) is 21.7 Å². The lowest BCUT2D eigenvalue weighted by atomic mass is 10.1. The molecule has 0 fully saturated rings. The average Bonchev–Trinajstić information content (AvgIpc) is 3.16. The van der Waals surface area contributed by atoms with Crippen molar-refractivity contribution in [2.45, 2.75) is 32.7 Å². The van der Waals surface area contributed by atoms with E-state index in [0.717, 1.165) is 11.1 Å². The highest BCUT2D eigenvalue weighted by Crippen LogP contribution is 2.27. The lowest BCUT2D eigenvalue weighted by Crippen LogP contribution is -2.32. The van der Waals surface area contributed by atoms with Crippen molar-refractivity contribution >= 4 is 5.91 Å². The van der Waals surface area contributed by atoms with Crippen molar-refractivity contribution < 1.29 is 13.9 Å². The molecule has 3 aromatic rings. The molecule has 0 spiro atoms. The van der Waals surface area contributed by atoms with Crippen molar-refractivity contribution in [2.75, 3.05) is 6.54 Å². The zero-order chi connectivity index (χ0) is 19.5. The molecule has 0 unspecified atom stereocenters. The predicted octanol–water partition coefficient (Wildman–Crippen LogP) is 3.35. The van der Waals surface area contributed by atoms with Gasteiger partial charge in [0.05, 0.1) is 18.8 Å². The summed E-state index contributed by atoms with van der Waals surface area (Å²) >= 11 is 0. The van der Waals surface area contributed by atoms with Crippen LogP contribution in [0.5, 0.6) is 0 Å². The van der Waals surface area contributed by atoms with Gasteiger partial charge in [0.25, 0.3) is 5.91 Å². The molecule has 144 valence electrons. The Kier molecular flexibility index (Phi) is 5.16. The Labute approximate surface area is 162 Å². The van der Waals surface area contributed by atoms with Crippen LogP contribution >= 0.6 is 0 Å². The fourth-order valence-corrected chi connectivity index (χ4v) is 3.34. The number of ether oxygens (including phenoxy) is 1. The number of benzene rings is 2. The zero-order valence-corrected chi connectivity index (χ0v) is 15.6. The molecule has 1 aromatic heterocycles. The molecule has 0 radical (unpaired) electrons. The first-order valence-corrected chi connectivity index (χ1v) is 9.28. The molecule has 7 heteroatoms. The van der Waals surface area contributed by atoms with Crippen molar-refractivity contribution in [1.82, 2.24) is 19.9 Å². The summed E-state index contributed by atoms with van der Waals surface area (Å²) in [7, 11) is 0. The van der Waals surface area contributed by atoms with Gasteiger partial charge in [0.2, 0.25) is 0 Å². The SMILES string of the molecule is CCN(Cc1ccccc1)C(=O)c1nnn2c1CO[C@H](c1ccc(F)cc1)C2. The monoisotopic (exact) mass is 380 g/mol. The van der Waals surface area contributed by atoms with E-state index in [1.807, 2.05) is 37.3 Å². The van der Waals surface area contributed by atoms with Crippen LogP contribution in [-0.2, 0) is 24.4 Å². The first-order valence-electron chi connectivity index (χ1n) is 9.28. The Morgan fingerprint density at radius 3 is 2.68 bits per heavy atom. The molecule has 2 heterocycles. The Morgan fingerprint density at radius 1 is 1.21 bits per heavy atom. The Morgan fingerprint density at radius 2 is 1.96 bits per heavy atom. The molecule has 0 saturated heterocycles. The molecule has 28 heavy (non-hydrogen) atoms. The number of hydrogen-bond donors (Lipinski definition) is 0. The normalized spacial score (nSPS) is 15.9. The highest BCUT2D eigenvalue weighted by Gasteiger charge is 2.29. The van der Waals surface area contributed by atoms with E-state index in [-0.39, 0.29) is 24.4 Å². The quantitative estimate of drug-likeness (QED) is 0.681.